The molecule has 0 radical (unpaired) electrons. The molecule has 0 saturated heterocycles. The Labute approximate surface area is 140 Å². The Morgan fingerprint density at radius 1 is 1.04 bits per heavy atom. The third-order valence-corrected chi connectivity index (χ3v) is 4.21. The van der Waals surface area contributed by atoms with Gasteiger partial charge >= 0.3 is 0 Å². The zero-order chi connectivity index (χ0) is 16.9. The third-order valence-electron chi connectivity index (χ3n) is 4.21. The summed E-state index contributed by atoms with van der Waals surface area (Å²) in [5.74, 6) is 0.930. The Balaban J connectivity index is 2.34. The minimum atomic E-state index is -0.123. The molecule has 0 heterocycles. The molecule has 1 aromatic rings. The molecule has 23 heavy (non-hydrogen) atoms. The van der Waals surface area contributed by atoms with Gasteiger partial charge in [0.1, 0.15) is 5.75 Å². The normalized spacial score (nSPS) is 13.7. The van der Waals surface area contributed by atoms with Crippen molar-refractivity contribution in [1.29, 1.82) is 0 Å². The van der Waals surface area contributed by atoms with E-state index in [1.807, 2.05) is 24.3 Å². The van der Waals surface area contributed by atoms with E-state index in [1.165, 1.54) is 25.7 Å². The minimum Gasteiger partial charge on any atom is -0.494 e. The lowest BCUT2D eigenvalue weighted by molar-refractivity contribution is 0.171. The van der Waals surface area contributed by atoms with Crippen molar-refractivity contribution in [1.82, 2.24) is 0 Å². The smallest absolute Gasteiger partial charge is 0.119 e. The van der Waals surface area contributed by atoms with Gasteiger partial charge in [0.15, 0.2) is 0 Å². The molecule has 0 fully saturated rings. The summed E-state index contributed by atoms with van der Waals surface area (Å²) in [5, 5.41) is 18.3. The van der Waals surface area contributed by atoms with E-state index in [9.17, 15) is 5.11 Å². The zero-order valence-electron chi connectivity index (χ0n) is 14.4. The number of aliphatic hydroxyl groups is 2. The molecule has 0 saturated carbocycles. The maximum absolute atomic E-state index is 9.28. The quantitative estimate of drug-likeness (QED) is 0.486. The first kappa shape index (κ1) is 19.9. The molecule has 132 valence electrons. The van der Waals surface area contributed by atoms with Crippen LogP contribution < -0.4 is 10.5 Å². The highest BCUT2D eigenvalue weighted by atomic mass is 16.5. The van der Waals surface area contributed by atoms with Crippen molar-refractivity contribution in [2.45, 2.75) is 57.9 Å². The molecule has 0 aliphatic rings. The molecule has 1 aromatic carbocycles. The van der Waals surface area contributed by atoms with Crippen LogP contribution in [-0.4, -0.2) is 30.0 Å². The lowest BCUT2D eigenvalue weighted by Gasteiger charge is -2.19. The van der Waals surface area contributed by atoms with E-state index >= 15 is 0 Å². The predicted molar refractivity (Wildman–Crippen MR) is 94.5 cm³/mol. The van der Waals surface area contributed by atoms with E-state index in [2.05, 4.69) is 6.92 Å². The maximum atomic E-state index is 9.28. The number of rotatable bonds is 13. The zero-order valence-corrected chi connectivity index (χ0v) is 14.4. The molecule has 2 unspecified atom stereocenters. The minimum absolute atomic E-state index is 0.0500. The summed E-state index contributed by atoms with van der Waals surface area (Å²) in [6.45, 7) is 3.13. The van der Waals surface area contributed by atoms with Gasteiger partial charge in [0, 0.05) is 19.3 Å². The van der Waals surface area contributed by atoms with Gasteiger partial charge in [-0.25, -0.2) is 0 Å². The van der Waals surface area contributed by atoms with Crippen molar-refractivity contribution >= 4 is 0 Å². The number of hydrogen-bond donors (Lipinski definition) is 3. The second-order valence-corrected chi connectivity index (χ2v) is 6.23. The Kier molecular flexibility index (Phi) is 10.7. The van der Waals surface area contributed by atoms with Crippen molar-refractivity contribution < 1.29 is 14.9 Å². The highest BCUT2D eigenvalue weighted by Crippen LogP contribution is 2.23. The van der Waals surface area contributed by atoms with Crippen LogP contribution in [0.1, 0.15) is 63.5 Å². The largest absolute Gasteiger partial charge is 0.494 e. The summed E-state index contributed by atoms with van der Waals surface area (Å²) in [4.78, 5) is 0. The first-order chi connectivity index (χ1) is 11.2. The highest BCUT2D eigenvalue weighted by Gasteiger charge is 2.14. The monoisotopic (exact) mass is 323 g/mol. The van der Waals surface area contributed by atoms with Crippen LogP contribution >= 0.6 is 0 Å². The van der Waals surface area contributed by atoms with Gasteiger partial charge in [-0.1, -0.05) is 44.7 Å². The number of unbranched alkanes of at least 4 members (excludes halogenated alkanes) is 4. The molecule has 0 aliphatic carbocycles. The van der Waals surface area contributed by atoms with Gasteiger partial charge < -0.3 is 20.7 Å². The van der Waals surface area contributed by atoms with E-state index in [1.54, 1.807) is 0 Å². The molecule has 0 amide bonds. The van der Waals surface area contributed by atoms with Crippen LogP contribution in [0.15, 0.2) is 24.3 Å². The molecular formula is C19H33NO3. The fourth-order valence-electron chi connectivity index (χ4n) is 2.67. The third kappa shape index (κ3) is 8.35. The van der Waals surface area contributed by atoms with E-state index < -0.39 is 0 Å². The van der Waals surface area contributed by atoms with Crippen LogP contribution in [0.3, 0.4) is 0 Å². The van der Waals surface area contributed by atoms with Crippen molar-refractivity contribution in [2.75, 3.05) is 19.8 Å². The second-order valence-electron chi connectivity index (χ2n) is 6.23. The number of hydrogen-bond acceptors (Lipinski definition) is 4. The molecule has 2 atom stereocenters. The summed E-state index contributed by atoms with van der Waals surface area (Å²) >= 11 is 0. The molecule has 0 spiro atoms. The van der Waals surface area contributed by atoms with Gasteiger partial charge in [-0.05, 0) is 42.9 Å². The predicted octanol–water partition coefficient (Wildman–Crippen LogP) is 3.42. The summed E-state index contributed by atoms with van der Waals surface area (Å²) in [7, 11) is 0. The highest BCUT2D eigenvalue weighted by molar-refractivity contribution is 5.29. The number of nitrogens with two attached hydrogens (primary N) is 1. The lowest BCUT2D eigenvalue weighted by Crippen LogP contribution is -2.18. The SMILES string of the molecule is CCCCCCCOc1ccc(C(N)CC(CO)CCO)cc1. The van der Waals surface area contributed by atoms with Crippen LogP contribution in [0.25, 0.3) is 0 Å². The van der Waals surface area contributed by atoms with E-state index in [-0.39, 0.29) is 25.2 Å². The van der Waals surface area contributed by atoms with Crippen molar-refractivity contribution in [3.8, 4) is 5.75 Å². The Morgan fingerprint density at radius 2 is 1.74 bits per heavy atom. The molecule has 0 aliphatic heterocycles. The van der Waals surface area contributed by atoms with Gasteiger partial charge in [-0.3, -0.25) is 0 Å². The number of benzene rings is 1. The van der Waals surface area contributed by atoms with Gasteiger partial charge in [-0.2, -0.15) is 0 Å². The Hall–Kier alpha value is -1.10. The molecule has 0 aromatic heterocycles. The summed E-state index contributed by atoms with van der Waals surface area (Å²) in [5.41, 5.74) is 7.23. The topological polar surface area (TPSA) is 75.7 Å². The Bertz CT molecular complexity index is 394. The molecule has 0 bridgehead atoms. The average molecular weight is 323 g/mol. The molecular weight excluding hydrogens is 290 g/mol. The van der Waals surface area contributed by atoms with E-state index in [4.69, 9.17) is 15.6 Å². The Morgan fingerprint density at radius 3 is 2.35 bits per heavy atom. The van der Waals surface area contributed by atoms with E-state index in [0.29, 0.717) is 12.8 Å². The standard InChI is InChI=1S/C19H33NO3/c1-2-3-4-5-6-13-23-18-9-7-17(8-10-18)19(20)14-16(15-22)11-12-21/h7-10,16,19,21-22H,2-6,11-15,20H2,1H3. The van der Waals surface area contributed by atoms with Crippen molar-refractivity contribution in [3.05, 3.63) is 29.8 Å². The summed E-state index contributed by atoms with van der Waals surface area (Å²) in [6.07, 6.45) is 7.44. The molecule has 1 rings (SSSR count). The maximum Gasteiger partial charge on any atom is 0.119 e. The number of ether oxygens (including phenoxy) is 1. The van der Waals surface area contributed by atoms with Gasteiger partial charge in [0.05, 0.1) is 6.61 Å². The van der Waals surface area contributed by atoms with Gasteiger partial charge in [0.25, 0.3) is 0 Å². The van der Waals surface area contributed by atoms with Crippen molar-refractivity contribution in [3.63, 3.8) is 0 Å². The fourth-order valence-corrected chi connectivity index (χ4v) is 2.67. The lowest BCUT2D eigenvalue weighted by atomic mass is 9.94. The first-order valence-corrected chi connectivity index (χ1v) is 8.91. The first-order valence-electron chi connectivity index (χ1n) is 8.91. The average Bonchev–Trinajstić information content (AvgIpc) is 2.58. The van der Waals surface area contributed by atoms with Gasteiger partial charge in [-0.15, -0.1) is 0 Å². The van der Waals surface area contributed by atoms with E-state index in [0.717, 1.165) is 24.3 Å². The summed E-state index contributed by atoms with van der Waals surface area (Å²) < 4.78 is 5.75. The molecule has 4 heteroatoms. The fraction of sp³-hybridized carbons (Fsp3) is 0.684. The van der Waals surface area contributed by atoms with Crippen LogP contribution in [-0.2, 0) is 0 Å². The molecule has 4 N–H and O–H groups in total. The number of aliphatic hydroxyl groups excluding tert-OH is 2. The molecule has 4 nitrogen and oxygen atoms in total. The second kappa shape index (κ2) is 12.3. The van der Waals surface area contributed by atoms with Crippen LogP contribution in [0, 0.1) is 5.92 Å². The van der Waals surface area contributed by atoms with Crippen LogP contribution in [0.5, 0.6) is 5.75 Å². The van der Waals surface area contributed by atoms with Crippen molar-refractivity contribution in [2.24, 2.45) is 11.7 Å². The summed E-state index contributed by atoms with van der Waals surface area (Å²) in [6, 6.07) is 7.78. The van der Waals surface area contributed by atoms with Crippen LogP contribution in [0.2, 0.25) is 0 Å². The van der Waals surface area contributed by atoms with Crippen LogP contribution in [0.4, 0.5) is 0 Å². The van der Waals surface area contributed by atoms with Gasteiger partial charge in [0.2, 0.25) is 0 Å².